The number of aromatic hydroxyl groups is 4. The Hall–Kier alpha value is -3.42. The normalized spacial score (nSPS) is 9.45. The van der Waals surface area contributed by atoms with Gasteiger partial charge in [-0.1, -0.05) is 6.07 Å². The molecular formula is C14H13NO7. The lowest BCUT2D eigenvalue weighted by Crippen LogP contribution is -2.10. The average molecular weight is 307 g/mol. The molecule has 8 heteroatoms. The summed E-state index contributed by atoms with van der Waals surface area (Å²) in [5.74, 6) is -3.47. The molecule has 0 aliphatic heterocycles. The molecule has 0 radical (unpaired) electrons. The molecule has 0 saturated carbocycles. The molecule has 0 unspecified atom stereocenters. The Morgan fingerprint density at radius 2 is 1.50 bits per heavy atom. The fraction of sp³-hybridized carbons (Fsp3) is 0. The molecule has 2 rings (SSSR count). The number of carbonyl (C=O) groups is 2. The summed E-state index contributed by atoms with van der Waals surface area (Å²) in [7, 11) is 0. The molecule has 116 valence electrons. The fourth-order valence-corrected chi connectivity index (χ4v) is 1.39. The number of phenolic OH excluding ortho intramolecular Hbond substituents is 3. The van der Waals surface area contributed by atoms with Crippen molar-refractivity contribution in [3.63, 3.8) is 0 Å². The molecule has 0 aliphatic carbocycles. The van der Waals surface area contributed by atoms with Crippen LogP contribution in [-0.4, -0.2) is 37.4 Å². The summed E-state index contributed by atoms with van der Waals surface area (Å²) >= 11 is 0. The van der Waals surface area contributed by atoms with E-state index in [1.54, 1.807) is 0 Å². The first-order valence-corrected chi connectivity index (χ1v) is 5.80. The van der Waals surface area contributed by atoms with E-state index < -0.39 is 23.4 Å². The van der Waals surface area contributed by atoms with E-state index in [2.05, 4.69) is 0 Å². The van der Waals surface area contributed by atoms with Crippen LogP contribution in [0.5, 0.6) is 23.0 Å². The van der Waals surface area contributed by atoms with E-state index >= 15 is 0 Å². The summed E-state index contributed by atoms with van der Waals surface area (Å²) < 4.78 is 0. The number of rotatable bonds is 2. The third-order valence-corrected chi connectivity index (χ3v) is 2.50. The van der Waals surface area contributed by atoms with Crippen LogP contribution < -0.4 is 5.73 Å². The van der Waals surface area contributed by atoms with Gasteiger partial charge in [0, 0.05) is 0 Å². The number of para-hydroxylation sites is 1. The van der Waals surface area contributed by atoms with Gasteiger partial charge in [-0.15, -0.1) is 0 Å². The van der Waals surface area contributed by atoms with Gasteiger partial charge in [-0.3, -0.25) is 4.79 Å². The summed E-state index contributed by atoms with van der Waals surface area (Å²) in [6.45, 7) is 0. The molecule has 0 aliphatic rings. The highest BCUT2D eigenvalue weighted by molar-refractivity contribution is 5.96. The summed E-state index contributed by atoms with van der Waals surface area (Å²) in [4.78, 5) is 20.8. The van der Waals surface area contributed by atoms with Crippen LogP contribution in [0.1, 0.15) is 20.7 Å². The van der Waals surface area contributed by atoms with Crippen LogP contribution >= 0.6 is 0 Å². The minimum Gasteiger partial charge on any atom is -0.504 e. The van der Waals surface area contributed by atoms with Gasteiger partial charge in [0.25, 0.3) is 5.91 Å². The number of primary amides is 1. The Balaban J connectivity index is 0.000000220. The van der Waals surface area contributed by atoms with E-state index in [0.717, 1.165) is 12.1 Å². The lowest BCUT2D eigenvalue weighted by molar-refractivity contribution is 0.0696. The Kier molecular flexibility index (Phi) is 5.17. The SMILES string of the molecule is NC(=O)c1cccc(O)c1O.O=C(O)c1ccc(O)c(O)c1. The smallest absolute Gasteiger partial charge is 0.335 e. The molecule has 0 aromatic heterocycles. The van der Waals surface area contributed by atoms with E-state index in [9.17, 15) is 9.59 Å². The number of carbonyl (C=O) groups excluding carboxylic acids is 1. The zero-order chi connectivity index (χ0) is 16.9. The molecular weight excluding hydrogens is 294 g/mol. The number of aromatic carboxylic acids is 1. The number of phenols is 4. The zero-order valence-corrected chi connectivity index (χ0v) is 11.1. The topological polar surface area (TPSA) is 161 Å². The molecule has 0 atom stereocenters. The van der Waals surface area contributed by atoms with Crippen molar-refractivity contribution in [2.75, 3.05) is 0 Å². The maximum absolute atomic E-state index is 10.5. The molecule has 8 nitrogen and oxygen atoms in total. The van der Waals surface area contributed by atoms with Crippen molar-refractivity contribution < 1.29 is 35.1 Å². The highest BCUT2D eigenvalue weighted by Gasteiger charge is 2.09. The fourth-order valence-electron chi connectivity index (χ4n) is 1.39. The number of nitrogens with two attached hydrogens (primary N) is 1. The predicted molar refractivity (Wildman–Crippen MR) is 75.0 cm³/mol. The van der Waals surface area contributed by atoms with E-state index in [0.29, 0.717) is 0 Å². The first kappa shape index (κ1) is 16.6. The first-order valence-electron chi connectivity index (χ1n) is 5.80. The third kappa shape index (κ3) is 4.04. The highest BCUT2D eigenvalue weighted by atomic mass is 16.4. The van der Waals surface area contributed by atoms with Gasteiger partial charge in [-0.05, 0) is 30.3 Å². The molecule has 2 aromatic rings. The van der Waals surface area contributed by atoms with E-state index in [1.807, 2.05) is 0 Å². The Morgan fingerprint density at radius 3 is 1.95 bits per heavy atom. The van der Waals surface area contributed by atoms with E-state index in [-0.39, 0.29) is 22.6 Å². The van der Waals surface area contributed by atoms with Gasteiger partial charge >= 0.3 is 5.97 Å². The molecule has 0 spiro atoms. The summed E-state index contributed by atoms with van der Waals surface area (Å²) in [6, 6.07) is 7.34. The average Bonchev–Trinajstić information content (AvgIpc) is 2.45. The first-order chi connectivity index (χ1) is 10.2. The Morgan fingerprint density at radius 1 is 0.864 bits per heavy atom. The van der Waals surface area contributed by atoms with E-state index in [1.165, 1.54) is 24.3 Å². The molecule has 0 saturated heterocycles. The second-order valence-corrected chi connectivity index (χ2v) is 4.05. The van der Waals surface area contributed by atoms with Crippen molar-refractivity contribution in [3.8, 4) is 23.0 Å². The quantitative estimate of drug-likeness (QED) is 0.451. The van der Waals surface area contributed by atoms with Gasteiger partial charge in [0.1, 0.15) is 0 Å². The van der Waals surface area contributed by atoms with Crippen molar-refractivity contribution in [1.29, 1.82) is 0 Å². The largest absolute Gasteiger partial charge is 0.504 e. The Labute approximate surface area is 124 Å². The van der Waals surface area contributed by atoms with Crippen LogP contribution in [0.25, 0.3) is 0 Å². The van der Waals surface area contributed by atoms with Crippen molar-refractivity contribution >= 4 is 11.9 Å². The third-order valence-electron chi connectivity index (χ3n) is 2.50. The number of hydrogen-bond acceptors (Lipinski definition) is 6. The van der Waals surface area contributed by atoms with Gasteiger partial charge in [0.2, 0.25) is 0 Å². The van der Waals surface area contributed by atoms with Crippen molar-refractivity contribution in [3.05, 3.63) is 47.5 Å². The molecule has 0 bridgehead atoms. The van der Waals surface area contributed by atoms with Crippen molar-refractivity contribution in [2.45, 2.75) is 0 Å². The lowest BCUT2D eigenvalue weighted by Gasteiger charge is -2.00. The molecule has 2 aromatic carbocycles. The number of carboxylic acids is 1. The number of benzene rings is 2. The maximum atomic E-state index is 10.5. The molecule has 7 N–H and O–H groups in total. The second-order valence-electron chi connectivity index (χ2n) is 4.05. The van der Waals surface area contributed by atoms with Gasteiger partial charge in [0.05, 0.1) is 11.1 Å². The molecule has 0 fully saturated rings. The number of hydrogen-bond donors (Lipinski definition) is 6. The van der Waals surface area contributed by atoms with Gasteiger partial charge in [0.15, 0.2) is 23.0 Å². The van der Waals surface area contributed by atoms with Crippen LogP contribution in [0.15, 0.2) is 36.4 Å². The van der Waals surface area contributed by atoms with Crippen LogP contribution in [-0.2, 0) is 0 Å². The minimum absolute atomic E-state index is 0.0553. The van der Waals surface area contributed by atoms with Crippen molar-refractivity contribution in [1.82, 2.24) is 0 Å². The van der Waals surface area contributed by atoms with Crippen LogP contribution in [0.4, 0.5) is 0 Å². The molecule has 0 heterocycles. The minimum atomic E-state index is -1.14. The molecule has 1 amide bonds. The zero-order valence-electron chi connectivity index (χ0n) is 11.1. The van der Waals surface area contributed by atoms with Gasteiger partial charge < -0.3 is 31.3 Å². The van der Waals surface area contributed by atoms with Crippen LogP contribution in [0, 0.1) is 0 Å². The summed E-state index contributed by atoms with van der Waals surface area (Å²) in [5, 5.41) is 43.9. The van der Waals surface area contributed by atoms with Crippen LogP contribution in [0.2, 0.25) is 0 Å². The summed E-state index contributed by atoms with van der Waals surface area (Å²) in [6.07, 6.45) is 0. The van der Waals surface area contributed by atoms with Gasteiger partial charge in [-0.25, -0.2) is 4.79 Å². The monoisotopic (exact) mass is 307 g/mol. The summed E-state index contributed by atoms with van der Waals surface area (Å²) in [5.41, 5.74) is 4.74. The number of carboxylic acid groups (broad SMARTS) is 1. The maximum Gasteiger partial charge on any atom is 0.335 e. The predicted octanol–water partition coefficient (Wildman–Crippen LogP) is 0.993. The van der Waals surface area contributed by atoms with Crippen molar-refractivity contribution in [2.24, 2.45) is 5.73 Å². The van der Waals surface area contributed by atoms with Crippen LogP contribution in [0.3, 0.4) is 0 Å². The van der Waals surface area contributed by atoms with E-state index in [4.69, 9.17) is 31.3 Å². The second kappa shape index (κ2) is 6.84. The number of amides is 1. The van der Waals surface area contributed by atoms with Gasteiger partial charge in [-0.2, -0.15) is 0 Å². The highest BCUT2D eigenvalue weighted by Crippen LogP contribution is 2.27. The standard InChI is InChI=1S/C7H7NO3.C7H6O4/c8-7(11)4-2-1-3-5(9)6(4)10;8-5-2-1-4(7(10)11)3-6(5)9/h1-3,9-10H,(H2,8,11);1-3,8-9H,(H,10,11). The molecule has 22 heavy (non-hydrogen) atoms. The lowest BCUT2D eigenvalue weighted by atomic mass is 10.2. The Bertz CT molecular complexity index is 712.